The number of hydrogen-bond acceptors (Lipinski definition) is 6. The molecule has 1 saturated heterocycles. The standard InChI is InChI=1S/C20H23NO4.C6H12O2/c22-13-4-3-12-9-15-20(24)6-5-14(23)18-19(20,16(12)17(13)25-18)7-8-21(15)10-11-1-2-11;1-2-3-4-5-6(7)8/h3-4,11,15,18,22,24H,1-2,5-10H2;2-5H2,1H3,(H,7,8)/t15-,18+,19+,20-;/m1./s1. The molecule has 2 saturated carbocycles. The predicted octanol–water partition coefficient (Wildman–Crippen LogP) is 3.18. The number of ether oxygens (including phenoxy) is 1. The number of ketones is 1. The van der Waals surface area contributed by atoms with E-state index in [9.17, 15) is 19.8 Å². The maximum atomic E-state index is 12.7. The van der Waals surface area contributed by atoms with E-state index >= 15 is 0 Å². The van der Waals surface area contributed by atoms with Gasteiger partial charge < -0.3 is 20.1 Å². The molecule has 0 unspecified atom stereocenters. The first-order valence-electron chi connectivity index (χ1n) is 12.5. The van der Waals surface area contributed by atoms with Crippen LogP contribution in [0.2, 0.25) is 0 Å². The van der Waals surface area contributed by atoms with Gasteiger partial charge in [0.05, 0.1) is 11.0 Å². The number of aliphatic hydroxyl groups is 1. The average molecular weight is 458 g/mol. The Kier molecular flexibility index (Phi) is 5.68. The third-order valence-electron chi connectivity index (χ3n) is 8.55. The van der Waals surface area contributed by atoms with Crippen LogP contribution in [0.4, 0.5) is 0 Å². The lowest BCUT2D eigenvalue weighted by Crippen LogP contribution is -2.76. The van der Waals surface area contributed by atoms with E-state index in [-0.39, 0.29) is 17.6 Å². The van der Waals surface area contributed by atoms with Crippen molar-refractivity contribution in [3.05, 3.63) is 23.3 Å². The number of nitrogens with zero attached hydrogens (tertiary/aromatic N) is 1. The van der Waals surface area contributed by atoms with Crippen molar-refractivity contribution >= 4 is 11.8 Å². The highest BCUT2D eigenvalue weighted by molar-refractivity contribution is 5.90. The zero-order chi connectivity index (χ0) is 23.4. The third kappa shape index (κ3) is 3.46. The Morgan fingerprint density at radius 2 is 2.03 bits per heavy atom. The highest BCUT2D eigenvalue weighted by Gasteiger charge is 2.73. The first-order chi connectivity index (χ1) is 15.8. The molecule has 5 aliphatic rings. The maximum absolute atomic E-state index is 12.7. The Morgan fingerprint density at radius 1 is 1.24 bits per heavy atom. The highest BCUT2D eigenvalue weighted by Crippen LogP contribution is 2.64. The molecule has 33 heavy (non-hydrogen) atoms. The van der Waals surface area contributed by atoms with E-state index in [1.165, 1.54) is 12.8 Å². The number of aliphatic carboxylic acids is 1. The van der Waals surface area contributed by atoms with Crippen LogP contribution < -0.4 is 4.74 Å². The quantitative estimate of drug-likeness (QED) is 0.563. The Hall–Kier alpha value is -2.12. The molecule has 2 aliphatic heterocycles. The SMILES string of the molecule is CCCCCC(=O)O.O=C1CC[C@@]2(O)[C@H]3Cc4ccc(O)c5c4[C@@]2(CCN3CC2CC2)[C@H]1O5. The molecule has 3 aliphatic carbocycles. The number of carbonyl (C=O) groups excluding carboxylic acids is 1. The first-order valence-corrected chi connectivity index (χ1v) is 12.5. The van der Waals surface area contributed by atoms with Gasteiger partial charge in [-0.25, -0.2) is 0 Å². The number of unbranched alkanes of at least 4 members (excludes halogenated alkanes) is 2. The van der Waals surface area contributed by atoms with E-state index in [4.69, 9.17) is 9.84 Å². The molecule has 4 atom stereocenters. The van der Waals surface area contributed by atoms with Crippen LogP contribution in [0.1, 0.15) is 75.8 Å². The minimum absolute atomic E-state index is 0.0454. The maximum Gasteiger partial charge on any atom is 0.303 e. The molecular weight excluding hydrogens is 422 g/mol. The summed E-state index contributed by atoms with van der Waals surface area (Å²) >= 11 is 0. The van der Waals surface area contributed by atoms with E-state index in [1.807, 2.05) is 6.07 Å². The number of likely N-dealkylation sites (tertiary alicyclic amines) is 1. The van der Waals surface area contributed by atoms with Gasteiger partial charge in [-0.15, -0.1) is 0 Å². The summed E-state index contributed by atoms with van der Waals surface area (Å²) in [5.74, 6) is 0.707. The topological polar surface area (TPSA) is 107 Å². The van der Waals surface area contributed by atoms with Crippen LogP contribution in [0.5, 0.6) is 11.5 Å². The smallest absolute Gasteiger partial charge is 0.303 e. The fraction of sp³-hybridized carbons (Fsp3) is 0.692. The number of Topliss-reactive ketones (excluding diaryl/α,β-unsaturated/α-hetero) is 1. The van der Waals surface area contributed by atoms with Crippen molar-refractivity contribution in [1.29, 1.82) is 0 Å². The number of hydrogen-bond donors (Lipinski definition) is 3. The summed E-state index contributed by atoms with van der Waals surface area (Å²) in [6, 6.07) is 3.69. The number of benzene rings is 1. The second kappa shape index (κ2) is 8.27. The number of carbonyl (C=O) groups is 2. The van der Waals surface area contributed by atoms with Gasteiger partial charge in [-0.2, -0.15) is 0 Å². The van der Waals surface area contributed by atoms with Crippen molar-refractivity contribution in [2.45, 2.75) is 94.3 Å². The number of rotatable bonds is 6. The predicted molar refractivity (Wildman–Crippen MR) is 122 cm³/mol. The molecular formula is C26H35NO6. The number of carboxylic acids is 1. The average Bonchev–Trinajstić information content (AvgIpc) is 3.51. The van der Waals surface area contributed by atoms with Gasteiger partial charge in [0.2, 0.25) is 0 Å². The molecule has 180 valence electrons. The van der Waals surface area contributed by atoms with Gasteiger partial charge in [-0.05, 0) is 62.6 Å². The fourth-order valence-electron chi connectivity index (χ4n) is 6.79. The van der Waals surface area contributed by atoms with Gasteiger partial charge in [0.15, 0.2) is 23.4 Å². The zero-order valence-electron chi connectivity index (χ0n) is 19.4. The first kappa shape index (κ1) is 22.7. The van der Waals surface area contributed by atoms with Gasteiger partial charge in [-0.1, -0.05) is 25.8 Å². The summed E-state index contributed by atoms with van der Waals surface area (Å²) < 4.78 is 6.04. The highest BCUT2D eigenvalue weighted by atomic mass is 16.5. The largest absolute Gasteiger partial charge is 0.504 e. The molecule has 2 heterocycles. The van der Waals surface area contributed by atoms with Crippen LogP contribution in [0.15, 0.2) is 12.1 Å². The van der Waals surface area contributed by atoms with Crippen molar-refractivity contribution in [2.75, 3.05) is 13.1 Å². The Bertz CT molecular complexity index is 958. The number of aromatic hydroxyl groups is 1. The molecule has 0 radical (unpaired) electrons. The van der Waals surface area contributed by atoms with Gasteiger partial charge in [0.1, 0.15) is 0 Å². The lowest BCUT2D eigenvalue weighted by atomic mass is 9.49. The van der Waals surface area contributed by atoms with Gasteiger partial charge in [0.25, 0.3) is 0 Å². The lowest BCUT2D eigenvalue weighted by molar-refractivity contribution is -0.188. The van der Waals surface area contributed by atoms with Crippen molar-refractivity contribution in [3.63, 3.8) is 0 Å². The molecule has 6 rings (SSSR count). The van der Waals surface area contributed by atoms with E-state index in [0.717, 1.165) is 62.2 Å². The molecule has 3 N–H and O–H groups in total. The van der Waals surface area contributed by atoms with Crippen molar-refractivity contribution in [2.24, 2.45) is 5.92 Å². The van der Waals surface area contributed by atoms with Crippen molar-refractivity contribution in [3.8, 4) is 11.5 Å². The molecule has 1 spiro atoms. The molecule has 1 aromatic carbocycles. The molecule has 2 bridgehead atoms. The Balaban J connectivity index is 0.000000249. The van der Waals surface area contributed by atoms with Crippen LogP contribution in [0, 0.1) is 5.92 Å². The molecule has 7 nitrogen and oxygen atoms in total. The van der Waals surface area contributed by atoms with E-state index in [1.54, 1.807) is 6.07 Å². The second-order valence-electron chi connectivity index (χ2n) is 10.6. The Labute approximate surface area is 194 Å². The number of phenolic OH excluding ortho intramolecular Hbond substituents is 1. The molecule has 0 amide bonds. The normalized spacial score (nSPS) is 33.6. The van der Waals surface area contributed by atoms with Crippen LogP contribution in [0.3, 0.4) is 0 Å². The fourth-order valence-corrected chi connectivity index (χ4v) is 6.79. The minimum atomic E-state index is -0.940. The summed E-state index contributed by atoms with van der Waals surface area (Å²) in [6.45, 7) is 4.01. The minimum Gasteiger partial charge on any atom is -0.504 e. The molecule has 0 aromatic heterocycles. The van der Waals surface area contributed by atoms with Gasteiger partial charge in [0, 0.05) is 31.0 Å². The molecule has 1 aromatic rings. The third-order valence-corrected chi connectivity index (χ3v) is 8.55. The van der Waals surface area contributed by atoms with Crippen LogP contribution in [-0.2, 0) is 21.4 Å². The molecule has 7 heteroatoms. The van der Waals surface area contributed by atoms with E-state index < -0.39 is 23.1 Å². The second-order valence-corrected chi connectivity index (χ2v) is 10.6. The number of phenols is 1. The summed E-state index contributed by atoms with van der Waals surface area (Å²) in [7, 11) is 0. The van der Waals surface area contributed by atoms with E-state index in [2.05, 4.69) is 11.8 Å². The van der Waals surface area contributed by atoms with Crippen LogP contribution in [0.25, 0.3) is 0 Å². The van der Waals surface area contributed by atoms with Gasteiger partial charge >= 0.3 is 5.97 Å². The van der Waals surface area contributed by atoms with Crippen molar-refractivity contribution in [1.82, 2.24) is 4.90 Å². The summed E-state index contributed by atoms with van der Waals surface area (Å²) in [4.78, 5) is 25.1. The van der Waals surface area contributed by atoms with Crippen LogP contribution in [-0.4, -0.2) is 62.8 Å². The summed E-state index contributed by atoms with van der Waals surface area (Å²) in [5, 5.41) is 30.4. The number of piperidine rings is 1. The molecule has 3 fully saturated rings. The number of carboxylic acid groups (broad SMARTS) is 1. The van der Waals surface area contributed by atoms with Crippen LogP contribution >= 0.6 is 0 Å². The monoisotopic (exact) mass is 457 g/mol. The lowest BCUT2D eigenvalue weighted by Gasteiger charge is -2.62. The zero-order valence-corrected chi connectivity index (χ0v) is 19.4. The summed E-state index contributed by atoms with van der Waals surface area (Å²) in [5.41, 5.74) is 0.454. The summed E-state index contributed by atoms with van der Waals surface area (Å²) in [6.07, 6.45) is 7.60. The Morgan fingerprint density at radius 3 is 2.73 bits per heavy atom. The van der Waals surface area contributed by atoms with Gasteiger partial charge in [-0.3, -0.25) is 14.5 Å². The van der Waals surface area contributed by atoms with E-state index in [0.29, 0.717) is 25.0 Å². The van der Waals surface area contributed by atoms with Crippen molar-refractivity contribution < 1.29 is 29.6 Å².